The van der Waals surface area contributed by atoms with Crippen LogP contribution in [-0.4, -0.2) is 32.2 Å². The van der Waals surface area contributed by atoms with Crippen LogP contribution >= 0.6 is 23.2 Å². The van der Waals surface area contributed by atoms with Gasteiger partial charge in [-0.3, -0.25) is 4.79 Å². The van der Waals surface area contributed by atoms with Crippen LogP contribution in [0.15, 0.2) is 36.4 Å². The molecule has 2 aromatic carbocycles. The Morgan fingerprint density at radius 2 is 1.81 bits per heavy atom. The van der Waals surface area contributed by atoms with Crippen molar-refractivity contribution in [2.24, 2.45) is 0 Å². The third-order valence-electron chi connectivity index (χ3n) is 3.23. The Morgan fingerprint density at radius 1 is 1.04 bits per heavy atom. The molecule has 1 amide bonds. The standard InChI is InChI=1S/C18H17Cl2NO5/c1-11-3-5-13(20)16(7-11)25-10-18(23)26-9-17(22)21-14-8-12(19)4-6-15(14)24-2/h3-8H,9-10H2,1-2H3,(H,21,22). The number of benzene rings is 2. The molecule has 2 aromatic rings. The summed E-state index contributed by atoms with van der Waals surface area (Å²) in [5.74, 6) is -0.425. The SMILES string of the molecule is COc1ccc(Cl)cc1NC(=O)COC(=O)COc1cc(C)ccc1Cl. The van der Waals surface area contributed by atoms with E-state index in [2.05, 4.69) is 5.32 Å². The van der Waals surface area contributed by atoms with Crippen molar-refractivity contribution < 1.29 is 23.8 Å². The van der Waals surface area contributed by atoms with Crippen LogP contribution in [0.4, 0.5) is 5.69 Å². The minimum absolute atomic E-state index is 0.364. The summed E-state index contributed by atoms with van der Waals surface area (Å²) >= 11 is 11.9. The van der Waals surface area contributed by atoms with E-state index >= 15 is 0 Å². The highest BCUT2D eigenvalue weighted by molar-refractivity contribution is 6.32. The Morgan fingerprint density at radius 3 is 2.54 bits per heavy atom. The number of aryl methyl sites for hydroxylation is 1. The van der Waals surface area contributed by atoms with Crippen LogP contribution in [0, 0.1) is 6.92 Å². The summed E-state index contributed by atoms with van der Waals surface area (Å²) < 4.78 is 15.3. The predicted molar refractivity (Wildman–Crippen MR) is 99.3 cm³/mol. The van der Waals surface area contributed by atoms with Crippen LogP contribution in [0.5, 0.6) is 11.5 Å². The van der Waals surface area contributed by atoms with Crippen molar-refractivity contribution in [2.75, 3.05) is 25.6 Å². The molecule has 8 heteroatoms. The number of halogens is 2. The largest absolute Gasteiger partial charge is 0.495 e. The number of amides is 1. The lowest BCUT2D eigenvalue weighted by atomic mass is 10.2. The lowest BCUT2D eigenvalue weighted by molar-refractivity contribution is -0.149. The van der Waals surface area contributed by atoms with Crippen LogP contribution in [0.25, 0.3) is 0 Å². The van der Waals surface area contributed by atoms with Gasteiger partial charge in [-0.15, -0.1) is 0 Å². The number of hydrogen-bond donors (Lipinski definition) is 1. The molecule has 0 spiro atoms. The van der Waals surface area contributed by atoms with Crippen molar-refractivity contribution in [3.63, 3.8) is 0 Å². The zero-order valence-electron chi connectivity index (χ0n) is 14.2. The number of hydrogen-bond acceptors (Lipinski definition) is 5. The van der Waals surface area contributed by atoms with Gasteiger partial charge in [-0.05, 0) is 42.8 Å². The molecule has 0 saturated heterocycles. The number of anilines is 1. The van der Waals surface area contributed by atoms with E-state index in [4.69, 9.17) is 37.4 Å². The molecule has 138 valence electrons. The lowest BCUT2D eigenvalue weighted by Gasteiger charge is -2.11. The zero-order chi connectivity index (χ0) is 19.1. The first kappa shape index (κ1) is 19.9. The summed E-state index contributed by atoms with van der Waals surface area (Å²) in [6, 6.07) is 9.97. The summed E-state index contributed by atoms with van der Waals surface area (Å²) in [5.41, 5.74) is 1.32. The molecule has 0 unspecified atom stereocenters. The number of rotatable bonds is 7. The van der Waals surface area contributed by atoms with E-state index in [1.165, 1.54) is 13.2 Å². The molecule has 0 aliphatic heterocycles. The molecule has 0 radical (unpaired) electrons. The highest BCUT2D eigenvalue weighted by Gasteiger charge is 2.12. The van der Waals surface area contributed by atoms with Crippen molar-refractivity contribution in [3.8, 4) is 11.5 Å². The van der Waals surface area contributed by atoms with E-state index in [0.717, 1.165) is 5.56 Å². The van der Waals surface area contributed by atoms with Crippen molar-refractivity contribution in [1.82, 2.24) is 0 Å². The summed E-state index contributed by atoms with van der Waals surface area (Å²) in [7, 11) is 1.46. The van der Waals surface area contributed by atoms with Crippen LogP contribution in [-0.2, 0) is 14.3 Å². The first-order valence-electron chi connectivity index (χ1n) is 7.57. The molecule has 6 nitrogen and oxygen atoms in total. The molecular weight excluding hydrogens is 381 g/mol. The molecule has 0 atom stereocenters. The van der Waals surface area contributed by atoms with Crippen molar-refractivity contribution in [2.45, 2.75) is 6.92 Å². The van der Waals surface area contributed by atoms with Crippen LogP contribution in [0.3, 0.4) is 0 Å². The third-order valence-corrected chi connectivity index (χ3v) is 3.78. The molecule has 2 rings (SSSR count). The van der Waals surface area contributed by atoms with Crippen LogP contribution in [0.2, 0.25) is 10.0 Å². The molecule has 0 saturated carbocycles. The first-order chi connectivity index (χ1) is 12.4. The summed E-state index contributed by atoms with van der Waals surface area (Å²) in [6.07, 6.45) is 0. The second-order valence-electron chi connectivity index (χ2n) is 5.28. The van der Waals surface area contributed by atoms with Crippen LogP contribution < -0.4 is 14.8 Å². The average Bonchev–Trinajstić information content (AvgIpc) is 2.61. The number of ether oxygens (including phenoxy) is 3. The van der Waals surface area contributed by atoms with Crippen molar-refractivity contribution in [1.29, 1.82) is 0 Å². The second-order valence-corrected chi connectivity index (χ2v) is 6.12. The normalized spacial score (nSPS) is 10.2. The van der Waals surface area contributed by atoms with Gasteiger partial charge >= 0.3 is 5.97 Å². The van der Waals surface area contributed by atoms with Gasteiger partial charge in [0.15, 0.2) is 13.2 Å². The Labute approximate surface area is 160 Å². The summed E-state index contributed by atoms with van der Waals surface area (Å²) in [5, 5.41) is 3.38. The molecule has 26 heavy (non-hydrogen) atoms. The highest BCUT2D eigenvalue weighted by atomic mass is 35.5. The quantitative estimate of drug-likeness (QED) is 0.717. The third kappa shape index (κ3) is 5.82. The molecule has 0 aromatic heterocycles. The maximum atomic E-state index is 11.9. The Balaban J connectivity index is 1.82. The number of carbonyl (C=O) groups excluding carboxylic acids is 2. The van der Waals surface area contributed by atoms with Gasteiger partial charge in [-0.1, -0.05) is 29.3 Å². The molecule has 0 aliphatic rings. The maximum Gasteiger partial charge on any atom is 0.344 e. The average molecular weight is 398 g/mol. The molecule has 1 N–H and O–H groups in total. The molecule has 0 heterocycles. The predicted octanol–water partition coefficient (Wildman–Crippen LogP) is 3.87. The maximum absolute atomic E-state index is 11.9. The topological polar surface area (TPSA) is 73.9 Å². The Bertz CT molecular complexity index is 810. The fourth-order valence-corrected chi connectivity index (χ4v) is 2.35. The molecule has 0 fully saturated rings. The molecule has 0 bridgehead atoms. The summed E-state index contributed by atoms with van der Waals surface area (Å²) in [4.78, 5) is 23.7. The van der Waals surface area contributed by atoms with Gasteiger partial charge in [0, 0.05) is 5.02 Å². The van der Waals surface area contributed by atoms with Crippen LogP contribution in [0.1, 0.15) is 5.56 Å². The number of carbonyl (C=O) groups is 2. The van der Waals surface area contributed by atoms with E-state index in [1.807, 2.05) is 13.0 Å². The van der Waals surface area contributed by atoms with E-state index < -0.39 is 18.5 Å². The molecular formula is C18H17Cl2NO5. The van der Waals surface area contributed by atoms with Gasteiger partial charge < -0.3 is 19.5 Å². The summed E-state index contributed by atoms with van der Waals surface area (Å²) in [6.45, 7) is 1.03. The van der Waals surface area contributed by atoms with Crippen molar-refractivity contribution in [3.05, 3.63) is 52.0 Å². The second kappa shape index (κ2) is 9.31. The van der Waals surface area contributed by atoms with E-state index in [0.29, 0.717) is 27.2 Å². The number of nitrogens with one attached hydrogen (secondary N) is 1. The Hall–Kier alpha value is -2.44. The van der Waals surface area contributed by atoms with Gasteiger partial charge in [-0.25, -0.2) is 4.79 Å². The number of esters is 1. The van der Waals surface area contributed by atoms with E-state index in [-0.39, 0.29) is 6.61 Å². The van der Waals surface area contributed by atoms with Gasteiger partial charge in [0.05, 0.1) is 17.8 Å². The van der Waals surface area contributed by atoms with Crippen molar-refractivity contribution >= 4 is 40.8 Å². The lowest BCUT2D eigenvalue weighted by Crippen LogP contribution is -2.24. The zero-order valence-corrected chi connectivity index (χ0v) is 15.7. The fourth-order valence-electron chi connectivity index (χ4n) is 2.01. The minimum atomic E-state index is -0.698. The van der Waals surface area contributed by atoms with Gasteiger partial charge in [0.1, 0.15) is 11.5 Å². The smallest absolute Gasteiger partial charge is 0.344 e. The molecule has 0 aliphatic carbocycles. The number of methoxy groups -OCH3 is 1. The van der Waals surface area contributed by atoms with E-state index in [9.17, 15) is 9.59 Å². The van der Waals surface area contributed by atoms with Gasteiger partial charge in [-0.2, -0.15) is 0 Å². The first-order valence-corrected chi connectivity index (χ1v) is 8.32. The van der Waals surface area contributed by atoms with Gasteiger partial charge in [0.25, 0.3) is 5.91 Å². The van der Waals surface area contributed by atoms with Gasteiger partial charge in [0.2, 0.25) is 0 Å². The monoisotopic (exact) mass is 397 g/mol. The van der Waals surface area contributed by atoms with E-state index in [1.54, 1.807) is 24.3 Å². The minimum Gasteiger partial charge on any atom is -0.495 e. The fraction of sp³-hybridized carbons (Fsp3) is 0.222. The highest BCUT2D eigenvalue weighted by Crippen LogP contribution is 2.27. The Kier molecular flexibility index (Phi) is 7.12.